The fourth-order valence-corrected chi connectivity index (χ4v) is 2.23. The lowest BCUT2D eigenvalue weighted by Gasteiger charge is -2.11. The average Bonchev–Trinajstić information content (AvgIpc) is 2.70. The van der Waals surface area contributed by atoms with Gasteiger partial charge in [-0.2, -0.15) is 13.9 Å². The van der Waals surface area contributed by atoms with Gasteiger partial charge in [0.05, 0.1) is 11.3 Å². The number of nitrogens with one attached hydrogen (secondary N) is 1. The van der Waals surface area contributed by atoms with Crippen molar-refractivity contribution in [1.82, 2.24) is 15.1 Å². The van der Waals surface area contributed by atoms with Crippen LogP contribution in [0.5, 0.6) is 5.75 Å². The molecule has 1 aromatic heterocycles. The molecule has 1 aromatic carbocycles. The Hall–Kier alpha value is -2.44. The highest BCUT2D eigenvalue weighted by molar-refractivity contribution is 5.96. The Morgan fingerprint density at radius 1 is 1.36 bits per heavy atom. The van der Waals surface area contributed by atoms with Crippen LogP contribution in [0.1, 0.15) is 27.3 Å². The van der Waals surface area contributed by atoms with Gasteiger partial charge in [-0.3, -0.25) is 9.48 Å². The molecule has 0 unspecified atom stereocenters. The van der Waals surface area contributed by atoms with Crippen molar-refractivity contribution < 1.29 is 18.3 Å². The van der Waals surface area contributed by atoms with Crippen molar-refractivity contribution in [3.8, 4) is 5.75 Å². The standard InChI is InChI=1S/C15H17F2N3O2/c1-9-13(10(2)20(3)19-9)14(21)18-8-11-6-4-5-7-12(11)22-15(16)17/h4-7,15H,8H2,1-3H3,(H,18,21). The molecule has 0 aliphatic heterocycles. The zero-order valence-corrected chi connectivity index (χ0v) is 12.6. The van der Waals surface area contributed by atoms with Crippen molar-refractivity contribution in [2.24, 2.45) is 7.05 Å². The van der Waals surface area contributed by atoms with Crippen LogP contribution in [0, 0.1) is 13.8 Å². The summed E-state index contributed by atoms with van der Waals surface area (Å²) in [6, 6.07) is 6.36. The zero-order valence-electron chi connectivity index (χ0n) is 12.6. The number of halogens is 2. The first-order chi connectivity index (χ1) is 10.4. The van der Waals surface area contributed by atoms with Crippen molar-refractivity contribution in [3.63, 3.8) is 0 Å². The van der Waals surface area contributed by atoms with E-state index in [1.54, 1.807) is 43.8 Å². The molecule has 2 aromatic rings. The van der Waals surface area contributed by atoms with E-state index in [-0.39, 0.29) is 18.2 Å². The van der Waals surface area contributed by atoms with Crippen LogP contribution < -0.4 is 10.1 Å². The largest absolute Gasteiger partial charge is 0.434 e. The molecule has 0 aliphatic carbocycles. The van der Waals surface area contributed by atoms with Gasteiger partial charge in [-0.15, -0.1) is 0 Å². The van der Waals surface area contributed by atoms with Crippen LogP contribution >= 0.6 is 0 Å². The summed E-state index contributed by atoms with van der Waals surface area (Å²) in [4.78, 5) is 12.3. The third kappa shape index (κ3) is 3.41. The maximum absolute atomic E-state index is 12.4. The SMILES string of the molecule is Cc1nn(C)c(C)c1C(=O)NCc1ccccc1OC(F)F. The van der Waals surface area contributed by atoms with Crippen molar-refractivity contribution in [2.75, 3.05) is 0 Å². The van der Waals surface area contributed by atoms with Crippen molar-refractivity contribution in [1.29, 1.82) is 0 Å². The third-order valence-corrected chi connectivity index (χ3v) is 3.36. The van der Waals surface area contributed by atoms with E-state index >= 15 is 0 Å². The van der Waals surface area contributed by atoms with E-state index in [9.17, 15) is 13.6 Å². The number of para-hydroxylation sites is 1. The number of ether oxygens (including phenoxy) is 1. The Morgan fingerprint density at radius 3 is 2.64 bits per heavy atom. The topological polar surface area (TPSA) is 56.2 Å². The highest BCUT2D eigenvalue weighted by Crippen LogP contribution is 2.20. The van der Waals surface area contributed by atoms with E-state index in [1.807, 2.05) is 0 Å². The first-order valence-electron chi connectivity index (χ1n) is 6.71. The summed E-state index contributed by atoms with van der Waals surface area (Å²) in [7, 11) is 1.75. The minimum absolute atomic E-state index is 0.0532. The minimum atomic E-state index is -2.90. The summed E-state index contributed by atoms with van der Waals surface area (Å²) >= 11 is 0. The van der Waals surface area contributed by atoms with E-state index < -0.39 is 6.61 Å². The van der Waals surface area contributed by atoms with Gasteiger partial charge in [0.25, 0.3) is 5.91 Å². The number of hydrogen-bond acceptors (Lipinski definition) is 3. The fraction of sp³-hybridized carbons (Fsp3) is 0.333. The normalized spacial score (nSPS) is 10.8. The van der Waals surface area contributed by atoms with Crippen LogP contribution in [0.15, 0.2) is 24.3 Å². The summed E-state index contributed by atoms with van der Waals surface area (Å²) in [5.74, 6) is -0.243. The number of nitrogens with zero attached hydrogens (tertiary/aromatic N) is 2. The van der Waals surface area contributed by atoms with Gasteiger partial charge in [0.2, 0.25) is 0 Å². The van der Waals surface area contributed by atoms with Gasteiger partial charge in [0.1, 0.15) is 5.75 Å². The zero-order chi connectivity index (χ0) is 16.3. The highest BCUT2D eigenvalue weighted by Gasteiger charge is 2.17. The van der Waals surface area contributed by atoms with Crippen molar-refractivity contribution in [2.45, 2.75) is 27.0 Å². The molecule has 0 saturated carbocycles. The number of carbonyl (C=O) groups excluding carboxylic acids is 1. The minimum Gasteiger partial charge on any atom is -0.434 e. The van der Waals surface area contributed by atoms with Crippen LogP contribution in [0.3, 0.4) is 0 Å². The highest BCUT2D eigenvalue weighted by atomic mass is 19.3. The maximum Gasteiger partial charge on any atom is 0.387 e. The summed E-state index contributed by atoms with van der Waals surface area (Å²) in [6.07, 6.45) is 0. The molecule has 0 bridgehead atoms. The lowest BCUT2D eigenvalue weighted by Crippen LogP contribution is -2.24. The fourth-order valence-electron chi connectivity index (χ4n) is 2.23. The van der Waals surface area contributed by atoms with E-state index in [4.69, 9.17) is 0 Å². The van der Waals surface area contributed by atoms with Gasteiger partial charge in [-0.05, 0) is 19.9 Å². The van der Waals surface area contributed by atoms with Crippen LogP contribution in [0.25, 0.3) is 0 Å². The summed E-state index contributed by atoms with van der Waals surface area (Å²) in [5, 5.41) is 6.88. The van der Waals surface area contributed by atoms with Gasteiger partial charge in [-0.1, -0.05) is 18.2 Å². The smallest absolute Gasteiger partial charge is 0.387 e. The molecule has 1 N–H and O–H groups in total. The predicted octanol–water partition coefficient (Wildman–Crippen LogP) is 2.57. The molecule has 0 spiro atoms. The predicted molar refractivity (Wildman–Crippen MR) is 76.9 cm³/mol. The van der Waals surface area contributed by atoms with Gasteiger partial charge in [-0.25, -0.2) is 0 Å². The van der Waals surface area contributed by atoms with Crippen LogP contribution in [0.2, 0.25) is 0 Å². The van der Waals surface area contributed by atoms with Crippen LogP contribution in [-0.2, 0) is 13.6 Å². The number of hydrogen-bond donors (Lipinski definition) is 1. The number of aryl methyl sites for hydroxylation is 2. The monoisotopic (exact) mass is 309 g/mol. The Morgan fingerprint density at radius 2 is 2.05 bits per heavy atom. The molecule has 118 valence electrons. The van der Waals surface area contributed by atoms with Crippen molar-refractivity contribution >= 4 is 5.91 Å². The molecule has 0 saturated heterocycles. The van der Waals surface area contributed by atoms with Crippen molar-refractivity contribution in [3.05, 3.63) is 46.8 Å². The molecule has 5 nitrogen and oxygen atoms in total. The number of rotatable bonds is 5. The molecule has 0 aliphatic rings. The van der Waals surface area contributed by atoms with Crippen LogP contribution in [-0.4, -0.2) is 22.3 Å². The van der Waals surface area contributed by atoms with E-state index in [1.165, 1.54) is 6.07 Å². The van der Waals surface area contributed by atoms with E-state index in [2.05, 4.69) is 15.2 Å². The maximum atomic E-state index is 12.4. The average molecular weight is 309 g/mol. The first-order valence-corrected chi connectivity index (χ1v) is 6.71. The molecule has 0 radical (unpaired) electrons. The molecule has 0 fully saturated rings. The second-order valence-corrected chi connectivity index (χ2v) is 4.84. The number of amides is 1. The lowest BCUT2D eigenvalue weighted by molar-refractivity contribution is -0.0504. The Kier molecular flexibility index (Phi) is 4.75. The quantitative estimate of drug-likeness (QED) is 0.923. The van der Waals surface area contributed by atoms with E-state index in [0.717, 1.165) is 5.69 Å². The summed E-state index contributed by atoms with van der Waals surface area (Å²) in [6.45, 7) is 0.730. The summed E-state index contributed by atoms with van der Waals surface area (Å²) < 4.78 is 30.8. The molecular weight excluding hydrogens is 292 g/mol. The number of benzene rings is 1. The lowest BCUT2D eigenvalue weighted by atomic mass is 10.1. The molecule has 2 rings (SSSR count). The second kappa shape index (κ2) is 6.55. The number of carbonyl (C=O) groups is 1. The Bertz CT molecular complexity index is 683. The Labute approximate surface area is 126 Å². The second-order valence-electron chi connectivity index (χ2n) is 4.84. The summed E-state index contributed by atoms with van der Waals surface area (Å²) in [5.41, 5.74) is 2.34. The molecular formula is C15H17F2N3O2. The number of alkyl halides is 2. The molecule has 1 amide bonds. The third-order valence-electron chi connectivity index (χ3n) is 3.36. The van der Waals surface area contributed by atoms with Gasteiger partial charge >= 0.3 is 6.61 Å². The molecule has 22 heavy (non-hydrogen) atoms. The van der Waals surface area contributed by atoms with Gasteiger partial charge in [0, 0.05) is 24.8 Å². The Balaban J connectivity index is 2.12. The van der Waals surface area contributed by atoms with E-state index in [0.29, 0.717) is 16.8 Å². The number of aromatic nitrogens is 2. The van der Waals surface area contributed by atoms with Crippen LogP contribution in [0.4, 0.5) is 8.78 Å². The van der Waals surface area contributed by atoms with Gasteiger partial charge in [0.15, 0.2) is 0 Å². The van der Waals surface area contributed by atoms with Gasteiger partial charge < -0.3 is 10.1 Å². The molecule has 7 heteroatoms. The molecule has 1 heterocycles. The molecule has 0 atom stereocenters. The first kappa shape index (κ1) is 15.9.